The smallest absolute Gasteiger partial charge is 0.472 e. The van der Waals surface area contributed by atoms with Crippen molar-refractivity contribution in [2.75, 3.05) is 19.8 Å². The molecule has 0 aromatic carbocycles. The maximum atomic E-state index is 12.4. The number of phosphoric acid groups is 1. The number of nitrogens with one attached hydrogen (secondary N) is 1. The van der Waals surface area contributed by atoms with Gasteiger partial charge in [-0.2, -0.15) is 0 Å². The summed E-state index contributed by atoms with van der Waals surface area (Å²) in [6, 6.07) is -1.57. The number of aliphatic hydroxyl groups is 1. The molecule has 1 amide bonds. The summed E-state index contributed by atoms with van der Waals surface area (Å²) < 4.78 is 27.0. The summed E-state index contributed by atoms with van der Waals surface area (Å²) in [6.07, 6.45) is 66.1. The molecule has 0 bridgehead atoms. The standard InChI is InChI=1S/C58H100NO10P/c1-3-5-7-9-11-13-15-17-19-21-23-25-27-29-31-33-35-37-39-41-43-45-47-49-56(61)59-55(58(63)64)53-69-70(65,66)68-52-54(60)51-67-57(62)50-48-46-44-42-40-38-36-34-32-30-28-26-24-22-20-18-16-14-12-10-8-6-4-2/h5,7,11,13,17-20,23,25,29,31,35,37,54-55,60H,3-4,6,8-10,12,14-16,21-22,24,26-28,30,32-34,36,38-53H2,1-2H3,(H,59,61)(H,63,64)(H,65,66)/b7-5-,13-11-,19-17-,20-18+,25-23-,31-29-,37-35-. The Morgan fingerprint density at radius 1 is 0.471 bits per heavy atom. The molecule has 0 rings (SSSR count). The van der Waals surface area contributed by atoms with Gasteiger partial charge in [-0.1, -0.05) is 214 Å². The van der Waals surface area contributed by atoms with E-state index in [0.29, 0.717) is 12.8 Å². The lowest BCUT2D eigenvalue weighted by molar-refractivity contribution is -0.147. The summed E-state index contributed by atoms with van der Waals surface area (Å²) in [7, 11) is -4.78. The average Bonchev–Trinajstić information content (AvgIpc) is 3.34. The number of unbranched alkanes of at least 4 members (excludes halogenated alkanes) is 23. The second-order valence-corrected chi connectivity index (χ2v) is 19.8. The van der Waals surface area contributed by atoms with Crippen molar-refractivity contribution in [1.82, 2.24) is 5.32 Å². The minimum absolute atomic E-state index is 0.111. The van der Waals surface area contributed by atoms with Gasteiger partial charge >= 0.3 is 19.8 Å². The van der Waals surface area contributed by atoms with Gasteiger partial charge in [0.05, 0.1) is 13.2 Å². The summed E-state index contributed by atoms with van der Waals surface area (Å²) >= 11 is 0. The number of esters is 1. The van der Waals surface area contributed by atoms with Gasteiger partial charge in [0.1, 0.15) is 12.7 Å². The number of hydrogen-bond acceptors (Lipinski definition) is 8. The highest BCUT2D eigenvalue weighted by Crippen LogP contribution is 2.43. The molecule has 0 saturated carbocycles. The fourth-order valence-electron chi connectivity index (χ4n) is 7.43. The number of carbonyl (C=O) groups is 3. The van der Waals surface area contributed by atoms with Crippen molar-refractivity contribution in [3.8, 4) is 0 Å². The molecule has 11 nitrogen and oxygen atoms in total. The van der Waals surface area contributed by atoms with E-state index in [9.17, 15) is 34.1 Å². The topological polar surface area (TPSA) is 169 Å². The lowest BCUT2D eigenvalue weighted by Gasteiger charge is -2.18. The number of carboxylic acids is 1. The van der Waals surface area contributed by atoms with Crippen LogP contribution < -0.4 is 5.32 Å². The van der Waals surface area contributed by atoms with Crippen molar-refractivity contribution in [3.05, 3.63) is 85.1 Å². The van der Waals surface area contributed by atoms with Crippen LogP contribution in [0.4, 0.5) is 0 Å². The van der Waals surface area contributed by atoms with Gasteiger partial charge in [0.25, 0.3) is 0 Å². The van der Waals surface area contributed by atoms with E-state index in [2.05, 4.69) is 104 Å². The number of phosphoric ester groups is 1. The fourth-order valence-corrected chi connectivity index (χ4v) is 8.20. The number of hydrogen-bond donors (Lipinski definition) is 4. The molecule has 0 saturated heterocycles. The molecule has 12 heteroatoms. The van der Waals surface area contributed by atoms with Crippen LogP contribution in [0.1, 0.15) is 232 Å². The normalized spacial score (nSPS) is 14.1. The molecule has 0 heterocycles. The van der Waals surface area contributed by atoms with Gasteiger partial charge in [0, 0.05) is 12.8 Å². The number of carbonyl (C=O) groups excluding carboxylic acids is 2. The highest BCUT2D eigenvalue weighted by Gasteiger charge is 2.28. The fraction of sp³-hybridized carbons (Fsp3) is 0.707. The van der Waals surface area contributed by atoms with E-state index in [-0.39, 0.29) is 12.8 Å². The molecular weight excluding hydrogens is 902 g/mol. The van der Waals surface area contributed by atoms with E-state index in [1.54, 1.807) is 0 Å². The van der Waals surface area contributed by atoms with Gasteiger partial charge < -0.3 is 25.2 Å². The Labute approximate surface area is 426 Å². The van der Waals surface area contributed by atoms with Crippen molar-refractivity contribution in [1.29, 1.82) is 0 Å². The SMILES string of the molecule is CC/C=C\C/C=C\C/C=C\C/C=C\C/C=C\C/C=C\CCCCCCC(=O)NC(COP(=O)(O)OCC(O)COC(=O)CCCCCCCCCCCCCCC/C=C/CCCCCCCC)C(=O)O. The number of allylic oxidation sites excluding steroid dienone is 14. The number of amides is 1. The van der Waals surface area contributed by atoms with Crippen LogP contribution in [-0.2, 0) is 32.7 Å². The third kappa shape index (κ3) is 51.0. The second kappa shape index (κ2) is 52.0. The molecule has 0 aromatic rings. The minimum atomic E-state index is -4.78. The predicted octanol–water partition coefficient (Wildman–Crippen LogP) is 15.8. The van der Waals surface area contributed by atoms with Gasteiger partial charge in [-0.05, 0) is 89.9 Å². The van der Waals surface area contributed by atoms with E-state index in [1.807, 2.05) is 0 Å². The van der Waals surface area contributed by atoms with Crippen LogP contribution in [0.2, 0.25) is 0 Å². The number of ether oxygens (including phenoxy) is 1. The molecule has 0 aliphatic heterocycles. The molecule has 70 heavy (non-hydrogen) atoms. The zero-order valence-corrected chi connectivity index (χ0v) is 44.9. The van der Waals surface area contributed by atoms with Crippen LogP contribution in [0.5, 0.6) is 0 Å². The maximum Gasteiger partial charge on any atom is 0.472 e. The Morgan fingerprint density at radius 2 is 0.829 bits per heavy atom. The predicted molar refractivity (Wildman–Crippen MR) is 291 cm³/mol. The molecule has 0 aromatic heterocycles. The summed E-state index contributed by atoms with van der Waals surface area (Å²) in [5.74, 6) is -2.41. The zero-order valence-electron chi connectivity index (χ0n) is 44.0. The van der Waals surface area contributed by atoms with Gasteiger partial charge in [0.2, 0.25) is 5.91 Å². The molecule has 3 atom stereocenters. The summed E-state index contributed by atoms with van der Waals surface area (Å²) in [5, 5.41) is 22.0. The Balaban J connectivity index is 3.85. The summed E-state index contributed by atoms with van der Waals surface area (Å²) in [4.78, 5) is 46.2. The summed E-state index contributed by atoms with van der Waals surface area (Å²) in [5.41, 5.74) is 0. The Hall–Kier alpha value is -3.34. The quantitative estimate of drug-likeness (QED) is 0.0199. The molecule has 4 N–H and O–H groups in total. The van der Waals surface area contributed by atoms with E-state index < -0.39 is 57.6 Å². The first kappa shape index (κ1) is 66.7. The summed E-state index contributed by atoms with van der Waals surface area (Å²) in [6.45, 7) is 2.49. The molecule has 0 radical (unpaired) electrons. The number of aliphatic carboxylic acids is 1. The minimum Gasteiger partial charge on any atom is -0.480 e. The van der Waals surface area contributed by atoms with Gasteiger partial charge in [0.15, 0.2) is 6.04 Å². The number of carboxylic acid groups (broad SMARTS) is 1. The lowest BCUT2D eigenvalue weighted by atomic mass is 10.0. The Bertz CT molecular complexity index is 1500. The third-order valence-electron chi connectivity index (χ3n) is 11.7. The number of aliphatic hydroxyl groups excluding tert-OH is 1. The molecule has 0 fully saturated rings. The van der Waals surface area contributed by atoms with Crippen LogP contribution in [0.3, 0.4) is 0 Å². The van der Waals surface area contributed by atoms with Gasteiger partial charge in [-0.3, -0.25) is 18.6 Å². The monoisotopic (exact) mass is 1000 g/mol. The van der Waals surface area contributed by atoms with Crippen molar-refractivity contribution >= 4 is 25.7 Å². The first-order valence-corrected chi connectivity index (χ1v) is 29.1. The highest BCUT2D eigenvalue weighted by molar-refractivity contribution is 7.47. The zero-order chi connectivity index (χ0) is 51.3. The van der Waals surface area contributed by atoms with Crippen LogP contribution >= 0.6 is 7.82 Å². The second-order valence-electron chi connectivity index (χ2n) is 18.4. The van der Waals surface area contributed by atoms with Crippen molar-refractivity contribution in [2.24, 2.45) is 0 Å². The van der Waals surface area contributed by atoms with Crippen LogP contribution in [0, 0.1) is 0 Å². The maximum absolute atomic E-state index is 12.4. The highest BCUT2D eigenvalue weighted by atomic mass is 31.2. The van der Waals surface area contributed by atoms with Gasteiger partial charge in [-0.25, -0.2) is 9.36 Å². The van der Waals surface area contributed by atoms with Crippen LogP contribution in [-0.4, -0.2) is 64.9 Å². The molecule has 0 aliphatic rings. The average molecular weight is 1000 g/mol. The van der Waals surface area contributed by atoms with E-state index >= 15 is 0 Å². The van der Waals surface area contributed by atoms with E-state index in [0.717, 1.165) is 83.5 Å². The van der Waals surface area contributed by atoms with E-state index in [4.69, 9.17) is 13.8 Å². The van der Waals surface area contributed by atoms with Gasteiger partial charge in [-0.15, -0.1) is 0 Å². The van der Waals surface area contributed by atoms with Crippen molar-refractivity contribution < 1.29 is 47.8 Å². The molecule has 3 unspecified atom stereocenters. The van der Waals surface area contributed by atoms with E-state index in [1.165, 1.54) is 109 Å². The first-order valence-electron chi connectivity index (χ1n) is 27.6. The first-order chi connectivity index (χ1) is 34.1. The molecule has 402 valence electrons. The van der Waals surface area contributed by atoms with Crippen LogP contribution in [0.25, 0.3) is 0 Å². The number of rotatable bonds is 51. The Kier molecular flexibility index (Phi) is 49.5. The van der Waals surface area contributed by atoms with Crippen LogP contribution in [0.15, 0.2) is 85.1 Å². The third-order valence-corrected chi connectivity index (χ3v) is 12.6. The largest absolute Gasteiger partial charge is 0.480 e. The lowest BCUT2D eigenvalue weighted by Crippen LogP contribution is -2.43. The molecule has 0 spiro atoms. The molecule has 0 aliphatic carbocycles. The van der Waals surface area contributed by atoms with Crippen molar-refractivity contribution in [2.45, 2.75) is 244 Å². The Morgan fingerprint density at radius 3 is 1.26 bits per heavy atom. The van der Waals surface area contributed by atoms with Crippen molar-refractivity contribution in [3.63, 3.8) is 0 Å². The molecular formula is C58H100NO10P.